The Labute approximate surface area is 136 Å². The van der Waals surface area contributed by atoms with Crippen molar-refractivity contribution in [1.29, 1.82) is 0 Å². The van der Waals surface area contributed by atoms with Gasteiger partial charge in [-0.1, -0.05) is 48.0 Å². The van der Waals surface area contributed by atoms with E-state index in [2.05, 4.69) is 25.8 Å². The van der Waals surface area contributed by atoms with E-state index in [1.54, 1.807) is 0 Å². The van der Waals surface area contributed by atoms with Gasteiger partial charge in [0, 0.05) is 16.1 Å². The van der Waals surface area contributed by atoms with Gasteiger partial charge in [0.15, 0.2) is 0 Å². The second-order valence-electron chi connectivity index (χ2n) is 6.27. The van der Waals surface area contributed by atoms with E-state index < -0.39 is 0 Å². The molecule has 1 aliphatic heterocycles. The molecule has 2 nitrogen and oxygen atoms in total. The number of halogens is 1. The highest BCUT2D eigenvalue weighted by molar-refractivity contribution is 6.32. The maximum Gasteiger partial charge on any atom is 0.223 e. The summed E-state index contributed by atoms with van der Waals surface area (Å²) in [6.07, 6.45) is 1.96. The molecule has 0 N–H and O–H groups in total. The van der Waals surface area contributed by atoms with Gasteiger partial charge in [-0.2, -0.15) is 0 Å². The van der Waals surface area contributed by atoms with Crippen LogP contribution in [-0.4, -0.2) is 11.4 Å². The normalized spacial score (nSPS) is 17.6. The highest BCUT2D eigenvalue weighted by atomic mass is 35.5. The average molecular weight is 312 g/mol. The number of nitrogens with zero attached hydrogens (tertiary/aromatic N) is 1. The standard InChI is InChI=1S/C19H18ClNO/c1-19(2,3)21-18-15-10-6-5-9-14(15)17(22-18)12-13-8-4-7-11-16(13)20/h4-12H,1-3H3/b17-12-,21-18?. The maximum atomic E-state index is 6.24. The summed E-state index contributed by atoms with van der Waals surface area (Å²) in [5.74, 6) is 1.45. The molecule has 3 heteroatoms. The number of hydrogen-bond acceptors (Lipinski definition) is 2. The number of aliphatic imine (C=N–C) groups is 1. The first kappa shape index (κ1) is 14.9. The van der Waals surface area contributed by atoms with Crippen molar-refractivity contribution in [1.82, 2.24) is 0 Å². The lowest BCUT2D eigenvalue weighted by Crippen LogP contribution is -2.14. The molecule has 0 amide bonds. The summed E-state index contributed by atoms with van der Waals surface area (Å²) in [4.78, 5) is 4.68. The monoisotopic (exact) mass is 311 g/mol. The number of hydrogen-bond donors (Lipinski definition) is 0. The van der Waals surface area contributed by atoms with Gasteiger partial charge in [-0.15, -0.1) is 0 Å². The van der Waals surface area contributed by atoms with Crippen LogP contribution in [-0.2, 0) is 4.74 Å². The Hall–Kier alpha value is -2.06. The summed E-state index contributed by atoms with van der Waals surface area (Å²) in [7, 11) is 0. The molecule has 0 atom stereocenters. The van der Waals surface area contributed by atoms with Gasteiger partial charge in [0.25, 0.3) is 0 Å². The van der Waals surface area contributed by atoms with Crippen LogP contribution in [0, 0.1) is 0 Å². The van der Waals surface area contributed by atoms with Gasteiger partial charge in [-0.3, -0.25) is 0 Å². The Bertz CT molecular complexity index is 769. The lowest BCUT2D eigenvalue weighted by molar-refractivity contribution is 0.495. The van der Waals surface area contributed by atoms with Gasteiger partial charge in [0.1, 0.15) is 5.76 Å². The molecule has 0 fully saturated rings. The zero-order valence-corrected chi connectivity index (χ0v) is 13.7. The molecule has 0 saturated heterocycles. The van der Waals surface area contributed by atoms with E-state index in [0.29, 0.717) is 10.9 Å². The number of benzene rings is 2. The molecular weight excluding hydrogens is 294 g/mol. The SMILES string of the molecule is CC(C)(C)N=C1O/C(=C\c2ccccc2Cl)c2ccccc21. The predicted octanol–water partition coefficient (Wildman–Crippen LogP) is 5.41. The van der Waals surface area contributed by atoms with Gasteiger partial charge in [-0.05, 0) is 44.5 Å². The minimum absolute atomic E-state index is 0.192. The van der Waals surface area contributed by atoms with Crippen LogP contribution in [0.15, 0.2) is 53.5 Å². The molecule has 0 spiro atoms. The van der Waals surface area contributed by atoms with Crippen molar-refractivity contribution in [2.24, 2.45) is 4.99 Å². The largest absolute Gasteiger partial charge is 0.438 e. The van der Waals surface area contributed by atoms with Gasteiger partial charge in [-0.25, -0.2) is 4.99 Å². The third kappa shape index (κ3) is 3.07. The molecule has 3 rings (SSSR count). The first-order valence-corrected chi connectivity index (χ1v) is 7.65. The third-order valence-corrected chi connectivity index (χ3v) is 3.60. The Morgan fingerprint density at radius 1 is 0.955 bits per heavy atom. The second kappa shape index (κ2) is 5.62. The van der Waals surface area contributed by atoms with Gasteiger partial charge in [0.2, 0.25) is 5.90 Å². The van der Waals surface area contributed by atoms with Crippen LogP contribution in [0.5, 0.6) is 0 Å². The van der Waals surface area contributed by atoms with Crippen molar-refractivity contribution < 1.29 is 4.74 Å². The van der Waals surface area contributed by atoms with Crippen molar-refractivity contribution in [3.8, 4) is 0 Å². The Morgan fingerprint density at radius 2 is 1.59 bits per heavy atom. The van der Waals surface area contributed by atoms with Crippen LogP contribution in [0.25, 0.3) is 11.8 Å². The van der Waals surface area contributed by atoms with E-state index in [-0.39, 0.29) is 5.54 Å². The molecule has 2 aromatic rings. The lowest BCUT2D eigenvalue weighted by atomic mass is 10.1. The first-order valence-electron chi connectivity index (χ1n) is 7.28. The molecule has 0 unspecified atom stereocenters. The van der Waals surface area contributed by atoms with E-state index in [4.69, 9.17) is 16.3 Å². The molecule has 2 aromatic carbocycles. The summed E-state index contributed by atoms with van der Waals surface area (Å²) in [5, 5.41) is 0.706. The van der Waals surface area contributed by atoms with E-state index in [1.165, 1.54) is 0 Å². The number of fused-ring (bicyclic) bond motifs is 1. The van der Waals surface area contributed by atoms with Crippen LogP contribution in [0.3, 0.4) is 0 Å². The number of ether oxygens (including phenoxy) is 1. The Balaban J connectivity index is 2.09. The average Bonchev–Trinajstić information content (AvgIpc) is 2.78. The summed E-state index contributed by atoms with van der Waals surface area (Å²) < 4.78 is 6.02. The topological polar surface area (TPSA) is 21.6 Å². The zero-order chi connectivity index (χ0) is 15.7. The van der Waals surface area contributed by atoms with Gasteiger partial charge in [0.05, 0.1) is 5.54 Å². The van der Waals surface area contributed by atoms with E-state index in [0.717, 1.165) is 22.4 Å². The van der Waals surface area contributed by atoms with Crippen LogP contribution in [0.2, 0.25) is 5.02 Å². The third-order valence-electron chi connectivity index (χ3n) is 3.26. The van der Waals surface area contributed by atoms with Gasteiger partial charge >= 0.3 is 0 Å². The van der Waals surface area contributed by atoms with Crippen molar-refractivity contribution in [3.63, 3.8) is 0 Å². The molecule has 1 aliphatic rings. The first-order chi connectivity index (χ1) is 10.4. The number of rotatable bonds is 1. The second-order valence-corrected chi connectivity index (χ2v) is 6.67. The van der Waals surface area contributed by atoms with Crippen LogP contribution < -0.4 is 0 Å². The summed E-state index contributed by atoms with van der Waals surface area (Å²) in [6, 6.07) is 15.8. The Kier molecular flexibility index (Phi) is 3.79. The van der Waals surface area contributed by atoms with Crippen molar-refractivity contribution >= 4 is 29.3 Å². The van der Waals surface area contributed by atoms with E-state index in [9.17, 15) is 0 Å². The highest BCUT2D eigenvalue weighted by Gasteiger charge is 2.26. The van der Waals surface area contributed by atoms with Crippen LogP contribution >= 0.6 is 11.6 Å². The maximum absolute atomic E-state index is 6.24. The lowest BCUT2D eigenvalue weighted by Gasteiger charge is -2.13. The zero-order valence-electron chi connectivity index (χ0n) is 12.9. The van der Waals surface area contributed by atoms with Crippen LogP contribution in [0.4, 0.5) is 0 Å². The molecule has 0 radical (unpaired) electrons. The van der Waals surface area contributed by atoms with Crippen molar-refractivity contribution in [2.45, 2.75) is 26.3 Å². The molecule has 0 bridgehead atoms. The smallest absolute Gasteiger partial charge is 0.223 e. The highest BCUT2D eigenvalue weighted by Crippen LogP contribution is 2.33. The van der Waals surface area contributed by atoms with Crippen molar-refractivity contribution in [2.75, 3.05) is 0 Å². The fourth-order valence-electron chi connectivity index (χ4n) is 2.33. The summed E-state index contributed by atoms with van der Waals surface area (Å²) in [5.41, 5.74) is 2.81. The molecule has 1 heterocycles. The fraction of sp³-hybridized carbons (Fsp3) is 0.211. The summed E-state index contributed by atoms with van der Waals surface area (Å²) >= 11 is 6.24. The molecule has 0 aromatic heterocycles. The molecule has 112 valence electrons. The molecule has 0 aliphatic carbocycles. The fourth-order valence-corrected chi connectivity index (χ4v) is 2.52. The van der Waals surface area contributed by atoms with E-state index >= 15 is 0 Å². The van der Waals surface area contributed by atoms with Gasteiger partial charge < -0.3 is 4.74 Å². The quantitative estimate of drug-likeness (QED) is 0.689. The minimum Gasteiger partial charge on any atom is -0.438 e. The van der Waals surface area contributed by atoms with Crippen molar-refractivity contribution in [3.05, 3.63) is 70.2 Å². The van der Waals surface area contributed by atoms with Crippen LogP contribution in [0.1, 0.15) is 37.5 Å². The molecule has 0 saturated carbocycles. The molecule has 22 heavy (non-hydrogen) atoms. The predicted molar refractivity (Wildman–Crippen MR) is 93.1 cm³/mol. The molecular formula is C19H18ClNO. The minimum atomic E-state index is -0.192. The Morgan fingerprint density at radius 3 is 2.27 bits per heavy atom. The summed E-state index contributed by atoms with van der Waals surface area (Å²) in [6.45, 7) is 6.17. The van der Waals surface area contributed by atoms with E-state index in [1.807, 2.05) is 54.6 Å².